The third kappa shape index (κ3) is 6.17. The SMILES string of the molecule is CCCN(C(=O)C(C)Sc1ccc([N+](=O)[O-])cc1)C1CCNCC1.Cl. The number of non-ortho nitro benzene ring substituents is 1. The number of thioether (sulfide) groups is 1. The molecular weight excluding hydrogens is 362 g/mol. The molecule has 0 aromatic heterocycles. The number of rotatable bonds is 7. The molecule has 1 unspecified atom stereocenters. The van der Waals surface area contributed by atoms with E-state index in [4.69, 9.17) is 0 Å². The van der Waals surface area contributed by atoms with Gasteiger partial charge in [0, 0.05) is 29.6 Å². The van der Waals surface area contributed by atoms with Gasteiger partial charge >= 0.3 is 0 Å². The van der Waals surface area contributed by atoms with Crippen molar-refractivity contribution >= 4 is 35.8 Å². The molecule has 0 spiro atoms. The van der Waals surface area contributed by atoms with Crippen molar-refractivity contribution in [2.24, 2.45) is 0 Å². The lowest BCUT2D eigenvalue weighted by Gasteiger charge is -2.36. The summed E-state index contributed by atoms with van der Waals surface area (Å²) in [6.07, 6.45) is 2.95. The summed E-state index contributed by atoms with van der Waals surface area (Å²) < 4.78 is 0. The van der Waals surface area contributed by atoms with Gasteiger partial charge in [-0.15, -0.1) is 24.2 Å². The van der Waals surface area contributed by atoms with Gasteiger partial charge in [-0.1, -0.05) is 6.92 Å². The average Bonchev–Trinajstić information content (AvgIpc) is 2.60. The number of amides is 1. The molecule has 2 rings (SSSR count). The Hall–Kier alpha value is -1.31. The number of carbonyl (C=O) groups is 1. The quantitative estimate of drug-likeness (QED) is 0.440. The predicted octanol–water partition coefficient (Wildman–Crippen LogP) is 3.49. The van der Waals surface area contributed by atoms with Crippen LogP contribution in [0.2, 0.25) is 0 Å². The number of nitrogens with zero attached hydrogens (tertiary/aromatic N) is 2. The minimum atomic E-state index is -0.414. The Labute approximate surface area is 159 Å². The zero-order chi connectivity index (χ0) is 17.5. The lowest BCUT2D eigenvalue weighted by molar-refractivity contribution is -0.384. The number of hydrogen-bond donors (Lipinski definition) is 1. The predicted molar refractivity (Wildman–Crippen MR) is 104 cm³/mol. The Morgan fingerprint density at radius 1 is 1.36 bits per heavy atom. The molecule has 1 aromatic carbocycles. The standard InChI is InChI=1S/C17H25N3O3S.ClH/c1-3-12-19(14-8-10-18-11-9-14)17(21)13(2)24-16-6-4-15(5-7-16)20(22)23;/h4-7,13-14,18H,3,8-12H2,1-2H3;1H. The zero-order valence-corrected chi connectivity index (χ0v) is 16.3. The summed E-state index contributed by atoms with van der Waals surface area (Å²) in [5, 5.41) is 13.8. The molecule has 0 radical (unpaired) electrons. The van der Waals surface area contributed by atoms with Gasteiger partial charge in [0.1, 0.15) is 0 Å². The molecule has 1 aliphatic heterocycles. The molecule has 25 heavy (non-hydrogen) atoms. The number of nitrogens with one attached hydrogen (secondary N) is 1. The van der Waals surface area contributed by atoms with Crippen LogP contribution >= 0.6 is 24.2 Å². The van der Waals surface area contributed by atoms with Crippen LogP contribution in [0, 0.1) is 10.1 Å². The maximum Gasteiger partial charge on any atom is 0.269 e. The molecular formula is C17H26ClN3O3S. The molecule has 1 aromatic rings. The molecule has 8 heteroatoms. The van der Waals surface area contributed by atoms with Gasteiger partial charge < -0.3 is 10.2 Å². The number of piperidine rings is 1. The molecule has 1 heterocycles. The Morgan fingerprint density at radius 3 is 2.48 bits per heavy atom. The van der Waals surface area contributed by atoms with Gasteiger partial charge in [-0.25, -0.2) is 0 Å². The van der Waals surface area contributed by atoms with Crippen LogP contribution in [-0.2, 0) is 4.79 Å². The van der Waals surface area contributed by atoms with Gasteiger partial charge in [0.05, 0.1) is 10.2 Å². The number of nitro groups is 1. The number of benzene rings is 1. The summed E-state index contributed by atoms with van der Waals surface area (Å²) >= 11 is 1.46. The normalized spacial score (nSPS) is 15.9. The minimum absolute atomic E-state index is 0. The molecule has 1 atom stereocenters. The summed E-state index contributed by atoms with van der Waals surface area (Å²) in [4.78, 5) is 26.1. The van der Waals surface area contributed by atoms with E-state index in [1.807, 2.05) is 11.8 Å². The molecule has 6 nitrogen and oxygen atoms in total. The van der Waals surface area contributed by atoms with E-state index in [1.54, 1.807) is 12.1 Å². The first kappa shape index (κ1) is 21.7. The second kappa shape index (κ2) is 10.6. The van der Waals surface area contributed by atoms with Gasteiger partial charge in [-0.05, 0) is 51.4 Å². The van der Waals surface area contributed by atoms with Crippen LogP contribution in [-0.4, -0.2) is 46.7 Å². The van der Waals surface area contributed by atoms with Crippen molar-refractivity contribution in [3.63, 3.8) is 0 Å². The maximum absolute atomic E-state index is 12.9. The Kier molecular flexibility index (Phi) is 9.24. The highest BCUT2D eigenvalue weighted by Gasteiger charge is 2.28. The molecule has 140 valence electrons. The van der Waals surface area contributed by atoms with Crippen LogP contribution in [0.5, 0.6) is 0 Å². The fraction of sp³-hybridized carbons (Fsp3) is 0.588. The molecule has 1 aliphatic rings. The van der Waals surface area contributed by atoms with Gasteiger partial charge in [0.15, 0.2) is 0 Å². The molecule has 1 saturated heterocycles. The molecule has 1 amide bonds. The van der Waals surface area contributed by atoms with E-state index in [0.717, 1.165) is 43.8 Å². The molecule has 1 N–H and O–H groups in total. The smallest absolute Gasteiger partial charge is 0.269 e. The van der Waals surface area contributed by atoms with Crippen molar-refractivity contribution in [1.29, 1.82) is 0 Å². The molecule has 1 fully saturated rings. The Morgan fingerprint density at radius 2 is 1.96 bits per heavy atom. The average molecular weight is 388 g/mol. The fourth-order valence-electron chi connectivity index (χ4n) is 2.97. The lowest BCUT2D eigenvalue weighted by Crippen LogP contribution is -2.48. The fourth-order valence-corrected chi connectivity index (χ4v) is 3.90. The van der Waals surface area contributed by atoms with E-state index in [-0.39, 0.29) is 29.3 Å². The summed E-state index contributed by atoms with van der Waals surface area (Å²) in [5.74, 6) is 0.159. The first-order valence-electron chi connectivity index (χ1n) is 8.45. The van der Waals surface area contributed by atoms with Crippen molar-refractivity contribution in [3.8, 4) is 0 Å². The second-order valence-electron chi connectivity index (χ2n) is 6.02. The van der Waals surface area contributed by atoms with Crippen molar-refractivity contribution in [2.45, 2.75) is 49.3 Å². The van der Waals surface area contributed by atoms with Crippen LogP contribution < -0.4 is 5.32 Å². The van der Waals surface area contributed by atoms with Gasteiger partial charge in [-0.3, -0.25) is 14.9 Å². The first-order valence-corrected chi connectivity index (χ1v) is 9.33. The number of hydrogen-bond acceptors (Lipinski definition) is 5. The van der Waals surface area contributed by atoms with Crippen LogP contribution in [0.3, 0.4) is 0 Å². The lowest BCUT2D eigenvalue weighted by atomic mass is 10.0. The van der Waals surface area contributed by atoms with Crippen LogP contribution in [0.25, 0.3) is 0 Å². The highest BCUT2D eigenvalue weighted by atomic mass is 35.5. The van der Waals surface area contributed by atoms with E-state index in [2.05, 4.69) is 12.2 Å². The Balaban J connectivity index is 0.00000312. The summed E-state index contributed by atoms with van der Waals surface area (Å²) in [7, 11) is 0. The monoisotopic (exact) mass is 387 g/mol. The van der Waals surface area contributed by atoms with E-state index in [9.17, 15) is 14.9 Å². The zero-order valence-electron chi connectivity index (χ0n) is 14.6. The van der Waals surface area contributed by atoms with Gasteiger partial charge in [0.25, 0.3) is 5.69 Å². The number of nitro benzene ring substituents is 1. The van der Waals surface area contributed by atoms with E-state index >= 15 is 0 Å². The number of carbonyl (C=O) groups excluding carboxylic acids is 1. The second-order valence-corrected chi connectivity index (χ2v) is 7.44. The van der Waals surface area contributed by atoms with E-state index in [0.29, 0.717) is 6.04 Å². The summed E-state index contributed by atoms with van der Waals surface area (Å²) in [5.41, 5.74) is 0.0700. The third-order valence-corrected chi connectivity index (χ3v) is 5.30. The van der Waals surface area contributed by atoms with Crippen LogP contribution in [0.4, 0.5) is 5.69 Å². The number of halogens is 1. The van der Waals surface area contributed by atoms with Crippen LogP contribution in [0.1, 0.15) is 33.1 Å². The minimum Gasteiger partial charge on any atom is -0.339 e. The molecule has 0 saturated carbocycles. The highest BCUT2D eigenvalue weighted by molar-refractivity contribution is 8.00. The molecule has 0 aliphatic carbocycles. The van der Waals surface area contributed by atoms with Crippen molar-refractivity contribution < 1.29 is 9.72 Å². The third-order valence-electron chi connectivity index (χ3n) is 4.21. The highest BCUT2D eigenvalue weighted by Crippen LogP contribution is 2.27. The van der Waals surface area contributed by atoms with E-state index in [1.165, 1.54) is 23.9 Å². The van der Waals surface area contributed by atoms with Gasteiger partial charge in [0.2, 0.25) is 5.91 Å². The topological polar surface area (TPSA) is 75.5 Å². The van der Waals surface area contributed by atoms with Crippen LogP contribution in [0.15, 0.2) is 29.2 Å². The van der Waals surface area contributed by atoms with E-state index < -0.39 is 4.92 Å². The summed E-state index contributed by atoms with van der Waals surface area (Å²) in [6.45, 7) is 6.71. The summed E-state index contributed by atoms with van der Waals surface area (Å²) in [6, 6.07) is 6.70. The van der Waals surface area contributed by atoms with Crippen molar-refractivity contribution in [3.05, 3.63) is 34.4 Å². The van der Waals surface area contributed by atoms with Crippen molar-refractivity contribution in [2.75, 3.05) is 19.6 Å². The maximum atomic E-state index is 12.9. The largest absolute Gasteiger partial charge is 0.339 e. The first-order chi connectivity index (χ1) is 11.5. The molecule has 0 bridgehead atoms. The Bertz CT molecular complexity index is 565. The van der Waals surface area contributed by atoms with Gasteiger partial charge in [-0.2, -0.15) is 0 Å². The van der Waals surface area contributed by atoms with Crippen molar-refractivity contribution in [1.82, 2.24) is 10.2 Å².